The second-order valence-electron chi connectivity index (χ2n) is 4.81. The van der Waals surface area contributed by atoms with Crippen molar-refractivity contribution in [2.75, 3.05) is 18.5 Å². The van der Waals surface area contributed by atoms with Gasteiger partial charge < -0.3 is 5.73 Å². The molecule has 0 saturated carbocycles. The smallest absolute Gasteiger partial charge is 0.240 e. The largest absolute Gasteiger partial charge is 0.399 e. The molecule has 102 valence electrons. The van der Waals surface area contributed by atoms with Gasteiger partial charge in [0, 0.05) is 17.0 Å². The van der Waals surface area contributed by atoms with Gasteiger partial charge >= 0.3 is 0 Å². The number of thioether (sulfide) groups is 1. The zero-order chi connectivity index (χ0) is 14.0. The lowest BCUT2D eigenvalue weighted by atomic mass is 10.2. The van der Waals surface area contributed by atoms with Crippen LogP contribution in [0.3, 0.4) is 0 Å². The van der Waals surface area contributed by atoms with E-state index in [1.165, 1.54) is 6.07 Å². The van der Waals surface area contributed by atoms with Gasteiger partial charge in [0.15, 0.2) is 0 Å². The van der Waals surface area contributed by atoms with Gasteiger partial charge in [-0.1, -0.05) is 6.07 Å². The van der Waals surface area contributed by atoms with Crippen molar-refractivity contribution in [3.05, 3.63) is 23.8 Å². The maximum atomic E-state index is 12.2. The Hall–Kier alpha value is -0.720. The van der Waals surface area contributed by atoms with Gasteiger partial charge in [0.05, 0.1) is 4.90 Å². The standard InChI is InChI=1S/C12H20N2O2S2/c1-9-5-6-10(13)7-11(9)18(15,16)14-8-12(2,3)17-4/h5-7,14H,8,13H2,1-4H3. The molecule has 0 aromatic heterocycles. The first kappa shape index (κ1) is 15.3. The van der Waals surface area contributed by atoms with Crippen LogP contribution in [0.15, 0.2) is 23.1 Å². The van der Waals surface area contributed by atoms with Crippen LogP contribution in [0.5, 0.6) is 0 Å². The van der Waals surface area contributed by atoms with E-state index in [1.807, 2.05) is 20.1 Å². The number of sulfonamides is 1. The summed E-state index contributed by atoms with van der Waals surface area (Å²) in [6.07, 6.45) is 1.96. The van der Waals surface area contributed by atoms with Crippen LogP contribution in [0.25, 0.3) is 0 Å². The third kappa shape index (κ3) is 3.90. The molecule has 0 saturated heterocycles. The molecule has 0 aliphatic heterocycles. The Morgan fingerprint density at radius 1 is 1.39 bits per heavy atom. The number of anilines is 1. The monoisotopic (exact) mass is 288 g/mol. The zero-order valence-electron chi connectivity index (χ0n) is 11.1. The third-order valence-corrected chi connectivity index (χ3v) is 5.53. The highest BCUT2D eigenvalue weighted by Gasteiger charge is 2.22. The van der Waals surface area contributed by atoms with Crippen molar-refractivity contribution < 1.29 is 8.42 Å². The Kier molecular flexibility index (Phi) is 4.69. The SMILES string of the molecule is CSC(C)(C)CNS(=O)(=O)c1cc(N)ccc1C. The molecular formula is C12H20N2O2S2. The van der Waals surface area contributed by atoms with Crippen LogP contribution < -0.4 is 10.5 Å². The maximum absolute atomic E-state index is 12.2. The van der Waals surface area contributed by atoms with Crippen molar-refractivity contribution in [1.29, 1.82) is 0 Å². The molecule has 0 unspecified atom stereocenters. The maximum Gasteiger partial charge on any atom is 0.240 e. The third-order valence-electron chi connectivity index (χ3n) is 2.74. The van der Waals surface area contributed by atoms with E-state index in [0.29, 0.717) is 17.8 Å². The van der Waals surface area contributed by atoms with Crippen molar-refractivity contribution in [2.24, 2.45) is 0 Å². The van der Waals surface area contributed by atoms with Gasteiger partial charge in [0.2, 0.25) is 10.0 Å². The average molecular weight is 288 g/mol. The topological polar surface area (TPSA) is 72.2 Å². The number of hydrogen-bond donors (Lipinski definition) is 2. The predicted octanol–water partition coefficient (Wildman–Crippen LogP) is 2.00. The fourth-order valence-electron chi connectivity index (χ4n) is 1.32. The van der Waals surface area contributed by atoms with Crippen molar-refractivity contribution in [3.8, 4) is 0 Å². The normalized spacial score (nSPS) is 12.7. The summed E-state index contributed by atoms with van der Waals surface area (Å²) in [6.45, 7) is 6.12. The van der Waals surface area contributed by atoms with Gasteiger partial charge in [-0.05, 0) is 44.7 Å². The van der Waals surface area contributed by atoms with Crippen molar-refractivity contribution in [3.63, 3.8) is 0 Å². The van der Waals surface area contributed by atoms with Crippen LogP contribution in [0.1, 0.15) is 19.4 Å². The van der Waals surface area contributed by atoms with Crippen LogP contribution in [-0.2, 0) is 10.0 Å². The Bertz CT molecular complexity index is 525. The molecule has 1 aromatic rings. The lowest BCUT2D eigenvalue weighted by molar-refractivity contribution is 0.570. The summed E-state index contributed by atoms with van der Waals surface area (Å²) in [5.41, 5.74) is 6.78. The predicted molar refractivity (Wildman–Crippen MR) is 78.4 cm³/mol. The lowest BCUT2D eigenvalue weighted by Gasteiger charge is -2.22. The summed E-state index contributed by atoms with van der Waals surface area (Å²) in [4.78, 5) is 0.249. The molecule has 0 fully saturated rings. The molecule has 0 radical (unpaired) electrons. The number of hydrogen-bond acceptors (Lipinski definition) is 4. The Balaban J connectivity index is 2.97. The van der Waals surface area contributed by atoms with E-state index in [4.69, 9.17) is 5.73 Å². The molecule has 0 atom stereocenters. The van der Waals surface area contributed by atoms with E-state index in [2.05, 4.69) is 4.72 Å². The molecule has 0 bridgehead atoms. The number of nitrogens with one attached hydrogen (secondary N) is 1. The second kappa shape index (κ2) is 5.50. The van der Waals surface area contributed by atoms with E-state index < -0.39 is 10.0 Å². The molecule has 3 N–H and O–H groups in total. The van der Waals surface area contributed by atoms with Crippen molar-refractivity contribution >= 4 is 27.5 Å². The van der Waals surface area contributed by atoms with Gasteiger partial charge in [-0.3, -0.25) is 0 Å². The summed E-state index contributed by atoms with van der Waals surface area (Å²) < 4.78 is 26.9. The minimum absolute atomic E-state index is 0.138. The Morgan fingerprint density at radius 3 is 2.56 bits per heavy atom. The molecule has 6 heteroatoms. The van der Waals surface area contributed by atoms with Crippen LogP contribution in [0, 0.1) is 6.92 Å². The molecule has 0 heterocycles. The second-order valence-corrected chi connectivity index (χ2v) is 8.06. The fraction of sp³-hybridized carbons (Fsp3) is 0.500. The Morgan fingerprint density at radius 2 is 2.00 bits per heavy atom. The average Bonchev–Trinajstić information content (AvgIpc) is 2.30. The van der Waals surface area contributed by atoms with Crippen LogP contribution in [0.4, 0.5) is 5.69 Å². The molecule has 0 spiro atoms. The van der Waals surface area contributed by atoms with Crippen molar-refractivity contribution in [2.45, 2.75) is 30.4 Å². The molecule has 1 rings (SSSR count). The molecular weight excluding hydrogens is 268 g/mol. The molecule has 18 heavy (non-hydrogen) atoms. The number of nitrogens with two attached hydrogens (primary N) is 1. The first-order valence-corrected chi connectivity index (χ1v) is 8.30. The molecule has 1 aromatic carbocycles. The summed E-state index contributed by atoms with van der Waals surface area (Å²) >= 11 is 1.62. The molecule has 0 aliphatic carbocycles. The van der Waals surface area contributed by atoms with Crippen LogP contribution in [-0.4, -0.2) is 26.0 Å². The summed E-state index contributed by atoms with van der Waals surface area (Å²) in [5.74, 6) is 0. The highest BCUT2D eigenvalue weighted by molar-refractivity contribution is 8.00. The van der Waals surface area contributed by atoms with E-state index in [0.717, 1.165) is 0 Å². The minimum Gasteiger partial charge on any atom is -0.399 e. The van der Waals surface area contributed by atoms with E-state index >= 15 is 0 Å². The first-order chi connectivity index (χ1) is 8.18. The highest BCUT2D eigenvalue weighted by atomic mass is 32.2. The Labute approximate surface area is 113 Å². The van der Waals surface area contributed by atoms with Gasteiger partial charge in [0.1, 0.15) is 0 Å². The number of aryl methyl sites for hydroxylation is 1. The van der Waals surface area contributed by atoms with E-state index in [1.54, 1.807) is 30.8 Å². The van der Waals surface area contributed by atoms with Gasteiger partial charge in [-0.2, -0.15) is 11.8 Å². The van der Waals surface area contributed by atoms with Gasteiger partial charge in [0.25, 0.3) is 0 Å². The highest BCUT2D eigenvalue weighted by Crippen LogP contribution is 2.22. The number of nitrogen functional groups attached to an aromatic ring is 1. The molecule has 0 aliphatic rings. The fourth-order valence-corrected chi connectivity index (χ4v) is 3.12. The summed E-state index contributed by atoms with van der Waals surface area (Å²) in [6, 6.07) is 4.90. The zero-order valence-corrected chi connectivity index (χ0v) is 12.8. The lowest BCUT2D eigenvalue weighted by Crippen LogP contribution is -2.36. The van der Waals surface area contributed by atoms with Crippen molar-refractivity contribution in [1.82, 2.24) is 4.72 Å². The molecule has 4 nitrogen and oxygen atoms in total. The summed E-state index contributed by atoms with van der Waals surface area (Å²) in [7, 11) is -3.50. The number of benzene rings is 1. The van der Waals surface area contributed by atoms with Gasteiger partial charge in [-0.25, -0.2) is 13.1 Å². The quantitative estimate of drug-likeness (QED) is 0.813. The molecule has 0 amide bonds. The van der Waals surface area contributed by atoms with E-state index in [-0.39, 0.29) is 9.64 Å². The number of rotatable bonds is 5. The van der Waals surface area contributed by atoms with Crippen LogP contribution in [0.2, 0.25) is 0 Å². The van der Waals surface area contributed by atoms with Gasteiger partial charge in [-0.15, -0.1) is 0 Å². The first-order valence-electron chi connectivity index (χ1n) is 5.59. The minimum atomic E-state index is -3.50. The summed E-state index contributed by atoms with van der Waals surface area (Å²) in [5, 5.41) is 0. The van der Waals surface area contributed by atoms with Crippen LogP contribution >= 0.6 is 11.8 Å². The van der Waals surface area contributed by atoms with E-state index in [9.17, 15) is 8.42 Å².